The van der Waals surface area contributed by atoms with Gasteiger partial charge in [0.05, 0.1) is 22.9 Å². The van der Waals surface area contributed by atoms with Crippen molar-refractivity contribution in [2.45, 2.75) is 83.0 Å². The number of carboxylic acids is 1. The van der Waals surface area contributed by atoms with Crippen LogP contribution in [0.4, 0.5) is 5.69 Å². The fourth-order valence-electron chi connectivity index (χ4n) is 6.99. The Balaban J connectivity index is 1.19. The molecule has 1 heterocycles. The molecule has 1 amide bonds. The first-order chi connectivity index (χ1) is 20.4. The van der Waals surface area contributed by atoms with Gasteiger partial charge in [-0.3, -0.25) is 9.59 Å². The van der Waals surface area contributed by atoms with Crippen molar-refractivity contribution in [2.75, 3.05) is 18.6 Å². The molecule has 3 saturated carbocycles. The van der Waals surface area contributed by atoms with Gasteiger partial charge in [0.2, 0.25) is 5.91 Å². The number of aliphatic carboxylic acids is 1. The van der Waals surface area contributed by atoms with Crippen LogP contribution in [0.2, 0.25) is 0 Å². The molecule has 3 aliphatic carbocycles. The normalized spacial score (nSPS) is 24.2. The average molecular weight is 587 g/mol. The molecule has 222 valence electrons. The smallest absolute Gasteiger partial charge is 0.306 e. The van der Waals surface area contributed by atoms with Gasteiger partial charge in [-0.05, 0) is 118 Å². The zero-order valence-electron chi connectivity index (χ0n) is 24.8. The Kier molecular flexibility index (Phi) is 8.66. The Morgan fingerprint density at radius 2 is 1.64 bits per heavy atom. The molecular weight excluding hydrogens is 544 g/mol. The van der Waals surface area contributed by atoms with Crippen LogP contribution in [0.25, 0.3) is 10.4 Å². The van der Waals surface area contributed by atoms with E-state index < -0.39 is 5.97 Å². The van der Waals surface area contributed by atoms with Crippen LogP contribution in [0.5, 0.6) is 5.75 Å². The van der Waals surface area contributed by atoms with Crippen molar-refractivity contribution in [1.29, 1.82) is 0 Å². The number of amides is 1. The third kappa shape index (κ3) is 6.41. The van der Waals surface area contributed by atoms with Crippen LogP contribution in [-0.2, 0) is 9.59 Å². The highest BCUT2D eigenvalue weighted by molar-refractivity contribution is 7.15. The Labute approximate surface area is 253 Å². The van der Waals surface area contributed by atoms with Gasteiger partial charge in [-0.2, -0.15) is 0 Å². The van der Waals surface area contributed by atoms with Gasteiger partial charge in [0, 0.05) is 30.3 Å². The first kappa shape index (κ1) is 28.9. The highest BCUT2D eigenvalue weighted by Gasteiger charge is 2.34. The van der Waals surface area contributed by atoms with Crippen molar-refractivity contribution in [3.8, 4) is 16.2 Å². The van der Waals surface area contributed by atoms with Crippen LogP contribution in [0.1, 0.15) is 92.2 Å². The minimum atomic E-state index is -0.732. The fraction of sp³-hybridized carbons (Fsp3) is 0.514. The molecule has 6 nitrogen and oxygen atoms in total. The summed E-state index contributed by atoms with van der Waals surface area (Å²) in [6, 6.07) is 15.0. The lowest BCUT2D eigenvalue weighted by molar-refractivity contribution is -0.144. The summed E-state index contributed by atoms with van der Waals surface area (Å²) in [7, 11) is 1.72. The highest BCUT2D eigenvalue weighted by Crippen LogP contribution is 2.44. The zero-order chi connectivity index (χ0) is 29.2. The molecule has 0 aliphatic heterocycles. The molecular formula is C35H42N2O4S. The molecule has 42 heavy (non-hydrogen) atoms. The molecule has 2 aromatic carbocycles. The van der Waals surface area contributed by atoms with E-state index in [0.717, 1.165) is 47.6 Å². The molecule has 0 unspecified atom stereocenters. The summed E-state index contributed by atoms with van der Waals surface area (Å²) in [6.07, 6.45) is 11.3. The largest absolute Gasteiger partial charge is 0.496 e. The topological polar surface area (TPSA) is 79.7 Å². The molecule has 6 rings (SSSR count). The fourth-order valence-corrected chi connectivity index (χ4v) is 8.07. The monoisotopic (exact) mass is 586 g/mol. The number of aromatic nitrogens is 1. The van der Waals surface area contributed by atoms with Crippen LogP contribution < -0.4 is 9.64 Å². The number of rotatable bonds is 9. The number of carbonyl (C=O) groups excluding carboxylic acids is 1. The number of nitrogens with zero attached hydrogens (tertiary/aromatic N) is 2. The Hall–Kier alpha value is -3.19. The van der Waals surface area contributed by atoms with Crippen LogP contribution >= 0.6 is 11.3 Å². The minimum absolute atomic E-state index is 0.118. The lowest BCUT2D eigenvalue weighted by Gasteiger charge is -2.36. The number of benzene rings is 2. The van der Waals surface area contributed by atoms with Crippen molar-refractivity contribution >= 4 is 28.9 Å². The van der Waals surface area contributed by atoms with Crippen LogP contribution in [0.3, 0.4) is 0 Å². The van der Waals surface area contributed by atoms with E-state index in [1.807, 2.05) is 11.1 Å². The number of aryl methyl sites for hydroxylation is 1. The molecule has 3 aliphatic rings. The predicted octanol–water partition coefficient (Wildman–Crippen LogP) is 8.20. The molecule has 3 fully saturated rings. The lowest BCUT2D eigenvalue weighted by atomic mass is 9.77. The molecule has 0 saturated heterocycles. The number of methoxy groups -OCH3 is 1. The Morgan fingerprint density at radius 3 is 2.31 bits per heavy atom. The standard InChI is InChI=1S/C35H42N2O4S/c1-22-18-28(16-17-31(22)41-2)24-8-6-23(7-9-24)21-37(34(38)26-12-14-27(15-13-26)35(39)40)30-5-3-4-29(19-30)32-20-36-33(42-32)25-10-11-25/h3-5,16-20,23-27H,6-15,21H2,1-2H3,(H,39,40). The summed E-state index contributed by atoms with van der Waals surface area (Å²) < 4.78 is 5.46. The van der Waals surface area contributed by atoms with Gasteiger partial charge < -0.3 is 14.7 Å². The number of thiazole rings is 1. The van der Waals surface area contributed by atoms with Crippen molar-refractivity contribution in [3.63, 3.8) is 0 Å². The quantitative estimate of drug-likeness (QED) is 0.273. The maximum absolute atomic E-state index is 14.1. The summed E-state index contributed by atoms with van der Waals surface area (Å²) in [5, 5.41) is 10.7. The van der Waals surface area contributed by atoms with Gasteiger partial charge in [-0.25, -0.2) is 4.98 Å². The zero-order valence-corrected chi connectivity index (χ0v) is 25.6. The first-order valence-corrected chi connectivity index (χ1v) is 16.5. The van der Waals surface area contributed by atoms with Gasteiger partial charge in [-0.1, -0.05) is 24.3 Å². The van der Waals surface area contributed by atoms with Crippen LogP contribution in [0, 0.1) is 24.7 Å². The van der Waals surface area contributed by atoms with Gasteiger partial charge in [0.15, 0.2) is 0 Å². The maximum Gasteiger partial charge on any atom is 0.306 e. The van der Waals surface area contributed by atoms with Crippen molar-refractivity contribution in [3.05, 3.63) is 64.8 Å². The second-order valence-electron chi connectivity index (χ2n) is 12.7. The number of hydrogen-bond donors (Lipinski definition) is 1. The molecule has 0 bridgehead atoms. The van der Waals surface area contributed by atoms with Gasteiger partial charge in [0.25, 0.3) is 0 Å². The summed E-state index contributed by atoms with van der Waals surface area (Å²) in [5.74, 6) is 1.52. The van der Waals surface area contributed by atoms with Gasteiger partial charge in [-0.15, -0.1) is 11.3 Å². The molecule has 0 radical (unpaired) electrons. The molecule has 1 aromatic heterocycles. The molecule has 0 spiro atoms. The predicted molar refractivity (Wildman–Crippen MR) is 167 cm³/mol. The van der Waals surface area contributed by atoms with Crippen molar-refractivity contribution < 1.29 is 19.4 Å². The first-order valence-electron chi connectivity index (χ1n) is 15.6. The third-order valence-electron chi connectivity index (χ3n) is 9.76. The summed E-state index contributed by atoms with van der Waals surface area (Å²) in [4.78, 5) is 33.6. The second kappa shape index (κ2) is 12.6. The summed E-state index contributed by atoms with van der Waals surface area (Å²) in [6.45, 7) is 2.82. The maximum atomic E-state index is 14.1. The van der Waals surface area contributed by atoms with E-state index in [0.29, 0.717) is 50.0 Å². The molecule has 1 N–H and O–H groups in total. The van der Waals surface area contributed by atoms with E-state index in [1.165, 1.54) is 29.0 Å². The third-order valence-corrected chi connectivity index (χ3v) is 11.0. The van der Waals surface area contributed by atoms with E-state index in [9.17, 15) is 14.7 Å². The van der Waals surface area contributed by atoms with E-state index in [2.05, 4.69) is 54.4 Å². The van der Waals surface area contributed by atoms with Crippen LogP contribution in [0.15, 0.2) is 48.7 Å². The van der Waals surface area contributed by atoms with Gasteiger partial charge in [0.1, 0.15) is 5.75 Å². The highest BCUT2D eigenvalue weighted by atomic mass is 32.1. The Morgan fingerprint density at radius 1 is 0.929 bits per heavy atom. The number of hydrogen-bond acceptors (Lipinski definition) is 5. The van der Waals surface area contributed by atoms with Crippen molar-refractivity contribution in [1.82, 2.24) is 4.98 Å². The SMILES string of the molecule is COc1ccc(C2CCC(CN(C(=O)C3CCC(C(=O)O)CC3)c3cccc(-c4cnc(C5CC5)s4)c3)CC2)cc1C. The molecule has 3 aromatic rings. The van der Waals surface area contributed by atoms with E-state index >= 15 is 0 Å². The average Bonchev–Trinajstić information content (AvgIpc) is 3.75. The van der Waals surface area contributed by atoms with Gasteiger partial charge >= 0.3 is 5.97 Å². The van der Waals surface area contributed by atoms with Crippen molar-refractivity contribution in [2.24, 2.45) is 17.8 Å². The summed E-state index contributed by atoms with van der Waals surface area (Å²) in [5.41, 5.74) is 4.63. The molecule has 7 heteroatoms. The second-order valence-corrected chi connectivity index (χ2v) is 13.7. The number of anilines is 1. The van der Waals surface area contributed by atoms with E-state index in [-0.39, 0.29) is 17.7 Å². The lowest BCUT2D eigenvalue weighted by Crippen LogP contribution is -2.41. The number of carbonyl (C=O) groups is 2. The number of ether oxygens (including phenoxy) is 1. The summed E-state index contributed by atoms with van der Waals surface area (Å²) >= 11 is 1.78. The molecule has 0 atom stereocenters. The van der Waals surface area contributed by atoms with E-state index in [1.54, 1.807) is 18.4 Å². The Bertz CT molecular complexity index is 1410. The number of carboxylic acid groups (broad SMARTS) is 1. The van der Waals surface area contributed by atoms with Crippen LogP contribution in [-0.4, -0.2) is 35.6 Å². The minimum Gasteiger partial charge on any atom is -0.496 e. The van der Waals surface area contributed by atoms with E-state index in [4.69, 9.17) is 4.74 Å².